The van der Waals surface area contributed by atoms with Crippen molar-refractivity contribution in [3.63, 3.8) is 0 Å². The van der Waals surface area contributed by atoms with Gasteiger partial charge in [-0.1, -0.05) is 6.07 Å². The highest BCUT2D eigenvalue weighted by atomic mass is 19.1. The molecule has 0 fully saturated rings. The second-order valence-corrected chi connectivity index (χ2v) is 3.27. The van der Waals surface area contributed by atoms with Crippen LogP contribution in [0.15, 0.2) is 18.2 Å². The third-order valence-corrected chi connectivity index (χ3v) is 2.13. The van der Waals surface area contributed by atoms with Crippen molar-refractivity contribution in [1.82, 2.24) is 0 Å². The highest BCUT2D eigenvalue weighted by Crippen LogP contribution is 2.16. The van der Waals surface area contributed by atoms with Crippen LogP contribution in [0.3, 0.4) is 0 Å². The van der Waals surface area contributed by atoms with Crippen molar-refractivity contribution in [1.29, 1.82) is 0 Å². The number of hydrogen-bond donors (Lipinski definition) is 1. The summed E-state index contributed by atoms with van der Waals surface area (Å²) in [6, 6.07) is 4.46. The Bertz CT molecular complexity index is 301. The minimum atomic E-state index is -0.227. The van der Waals surface area contributed by atoms with Crippen LogP contribution < -0.4 is 5.73 Å². The molecule has 0 aliphatic heterocycles. The van der Waals surface area contributed by atoms with Crippen LogP contribution in [-0.4, -0.2) is 13.2 Å². The molecular weight excluding hydrogens is 181 g/mol. The van der Waals surface area contributed by atoms with Crippen LogP contribution >= 0.6 is 0 Å². The normalized spacial score (nSPS) is 12.9. The molecule has 0 saturated carbocycles. The van der Waals surface area contributed by atoms with E-state index < -0.39 is 0 Å². The molecule has 0 amide bonds. The van der Waals surface area contributed by atoms with Gasteiger partial charge < -0.3 is 10.5 Å². The van der Waals surface area contributed by atoms with Gasteiger partial charge in [0, 0.05) is 6.61 Å². The molecule has 0 bridgehead atoms. The van der Waals surface area contributed by atoms with Gasteiger partial charge in [-0.25, -0.2) is 4.39 Å². The fourth-order valence-corrected chi connectivity index (χ4v) is 1.39. The molecule has 0 radical (unpaired) electrons. The molecular formula is C11H16FNO. The van der Waals surface area contributed by atoms with Crippen LogP contribution in [0.5, 0.6) is 0 Å². The zero-order chi connectivity index (χ0) is 10.6. The molecule has 1 unspecified atom stereocenters. The predicted octanol–water partition coefficient (Wildman–Crippen LogP) is 2.17. The summed E-state index contributed by atoms with van der Waals surface area (Å²) in [6.45, 7) is 4.89. The van der Waals surface area contributed by atoms with Crippen molar-refractivity contribution >= 4 is 0 Å². The number of aryl methyl sites for hydroxylation is 1. The number of hydrogen-bond acceptors (Lipinski definition) is 2. The molecule has 1 atom stereocenters. The van der Waals surface area contributed by atoms with E-state index in [1.165, 1.54) is 12.1 Å². The Morgan fingerprint density at radius 2 is 2.21 bits per heavy atom. The Labute approximate surface area is 83.9 Å². The molecule has 0 aliphatic rings. The summed E-state index contributed by atoms with van der Waals surface area (Å²) >= 11 is 0. The maximum Gasteiger partial charge on any atom is 0.123 e. The lowest BCUT2D eigenvalue weighted by atomic mass is 10.0. The summed E-state index contributed by atoms with van der Waals surface area (Å²) in [4.78, 5) is 0. The first-order chi connectivity index (χ1) is 6.65. The number of rotatable bonds is 4. The maximum absolute atomic E-state index is 12.8. The number of benzene rings is 1. The van der Waals surface area contributed by atoms with Gasteiger partial charge in [0.15, 0.2) is 0 Å². The van der Waals surface area contributed by atoms with E-state index in [1.54, 1.807) is 6.07 Å². The second-order valence-electron chi connectivity index (χ2n) is 3.27. The average molecular weight is 197 g/mol. The molecule has 0 saturated heterocycles. The third-order valence-electron chi connectivity index (χ3n) is 2.13. The lowest BCUT2D eigenvalue weighted by Crippen LogP contribution is -2.18. The first kappa shape index (κ1) is 11.1. The van der Waals surface area contributed by atoms with E-state index in [1.807, 2.05) is 13.8 Å². The summed E-state index contributed by atoms with van der Waals surface area (Å²) in [5.74, 6) is -0.227. The zero-order valence-electron chi connectivity index (χ0n) is 8.59. The summed E-state index contributed by atoms with van der Waals surface area (Å²) in [5.41, 5.74) is 7.70. The summed E-state index contributed by atoms with van der Waals surface area (Å²) in [7, 11) is 0. The van der Waals surface area contributed by atoms with Crippen molar-refractivity contribution in [2.24, 2.45) is 5.73 Å². The third kappa shape index (κ3) is 2.79. The van der Waals surface area contributed by atoms with Gasteiger partial charge in [0.2, 0.25) is 0 Å². The molecule has 1 aromatic rings. The minimum absolute atomic E-state index is 0.171. The van der Waals surface area contributed by atoms with Gasteiger partial charge in [-0.2, -0.15) is 0 Å². The quantitative estimate of drug-likeness (QED) is 0.802. The number of halogens is 1. The standard InChI is InChI=1S/C11H16FNO/c1-3-14-7-11(13)10-5-4-9(12)6-8(10)2/h4-6,11H,3,7,13H2,1-2H3. The number of nitrogens with two attached hydrogens (primary N) is 1. The van der Waals surface area contributed by atoms with Crippen molar-refractivity contribution in [3.05, 3.63) is 35.1 Å². The van der Waals surface area contributed by atoms with Gasteiger partial charge in [-0.05, 0) is 37.1 Å². The van der Waals surface area contributed by atoms with Gasteiger partial charge in [-0.15, -0.1) is 0 Å². The predicted molar refractivity (Wildman–Crippen MR) is 54.6 cm³/mol. The Balaban J connectivity index is 2.74. The van der Waals surface area contributed by atoms with E-state index in [0.717, 1.165) is 11.1 Å². The van der Waals surface area contributed by atoms with Crippen molar-refractivity contribution in [2.75, 3.05) is 13.2 Å². The largest absolute Gasteiger partial charge is 0.380 e. The van der Waals surface area contributed by atoms with Crippen LogP contribution in [0.4, 0.5) is 4.39 Å². The maximum atomic E-state index is 12.8. The van der Waals surface area contributed by atoms with Crippen LogP contribution in [0, 0.1) is 12.7 Å². The van der Waals surface area contributed by atoms with Crippen LogP contribution in [0.1, 0.15) is 24.1 Å². The van der Waals surface area contributed by atoms with Crippen molar-refractivity contribution < 1.29 is 9.13 Å². The topological polar surface area (TPSA) is 35.2 Å². The van der Waals surface area contributed by atoms with E-state index in [2.05, 4.69) is 0 Å². The van der Waals surface area contributed by atoms with Crippen LogP contribution in [-0.2, 0) is 4.74 Å². The fraction of sp³-hybridized carbons (Fsp3) is 0.455. The molecule has 1 aromatic carbocycles. The SMILES string of the molecule is CCOCC(N)c1ccc(F)cc1C. The van der Waals surface area contributed by atoms with Crippen molar-refractivity contribution in [2.45, 2.75) is 19.9 Å². The van der Waals surface area contributed by atoms with Gasteiger partial charge >= 0.3 is 0 Å². The minimum Gasteiger partial charge on any atom is -0.380 e. The Kier molecular flexibility index (Phi) is 4.04. The average Bonchev–Trinajstić information content (AvgIpc) is 2.14. The molecule has 0 spiro atoms. The molecule has 14 heavy (non-hydrogen) atoms. The molecule has 78 valence electrons. The smallest absolute Gasteiger partial charge is 0.123 e. The van der Waals surface area contributed by atoms with Crippen molar-refractivity contribution in [3.8, 4) is 0 Å². The Morgan fingerprint density at radius 3 is 2.79 bits per heavy atom. The van der Waals surface area contributed by atoms with E-state index in [0.29, 0.717) is 13.2 Å². The molecule has 0 aromatic heterocycles. The first-order valence-corrected chi connectivity index (χ1v) is 4.74. The van der Waals surface area contributed by atoms with E-state index >= 15 is 0 Å². The molecule has 0 heterocycles. The van der Waals surface area contributed by atoms with Crippen LogP contribution in [0.25, 0.3) is 0 Å². The lowest BCUT2D eigenvalue weighted by Gasteiger charge is -2.14. The van der Waals surface area contributed by atoms with Crippen LogP contribution in [0.2, 0.25) is 0 Å². The zero-order valence-corrected chi connectivity index (χ0v) is 8.59. The molecule has 3 heteroatoms. The van der Waals surface area contributed by atoms with Gasteiger partial charge in [-0.3, -0.25) is 0 Å². The first-order valence-electron chi connectivity index (χ1n) is 4.74. The molecule has 2 nitrogen and oxygen atoms in total. The van der Waals surface area contributed by atoms with E-state index in [9.17, 15) is 4.39 Å². The lowest BCUT2D eigenvalue weighted by molar-refractivity contribution is 0.133. The Hall–Kier alpha value is -0.930. The monoisotopic (exact) mass is 197 g/mol. The Morgan fingerprint density at radius 1 is 1.50 bits per heavy atom. The highest BCUT2D eigenvalue weighted by Gasteiger charge is 2.09. The highest BCUT2D eigenvalue weighted by molar-refractivity contribution is 5.29. The summed E-state index contributed by atoms with van der Waals surface area (Å²) in [5, 5.41) is 0. The molecule has 0 aliphatic carbocycles. The van der Waals surface area contributed by atoms with E-state index in [-0.39, 0.29) is 11.9 Å². The molecule has 2 N–H and O–H groups in total. The van der Waals surface area contributed by atoms with E-state index in [4.69, 9.17) is 10.5 Å². The van der Waals surface area contributed by atoms with Gasteiger partial charge in [0.05, 0.1) is 12.6 Å². The van der Waals surface area contributed by atoms with Gasteiger partial charge in [0.1, 0.15) is 5.82 Å². The fourth-order valence-electron chi connectivity index (χ4n) is 1.39. The molecule has 1 rings (SSSR count). The second kappa shape index (κ2) is 5.08. The van der Waals surface area contributed by atoms with Gasteiger partial charge in [0.25, 0.3) is 0 Å². The summed E-state index contributed by atoms with van der Waals surface area (Å²) in [6.07, 6.45) is 0. The number of ether oxygens (including phenoxy) is 1. The summed E-state index contributed by atoms with van der Waals surface area (Å²) < 4.78 is 18.0.